The minimum Gasteiger partial charge on any atom is -0.310 e. The maximum Gasteiger partial charge on any atom is 0.0465 e. The molecule has 0 amide bonds. The Balaban J connectivity index is 1.18. The number of hydrogen-bond acceptors (Lipinski definition) is 1. The van der Waals surface area contributed by atoms with E-state index in [2.05, 4.69) is 144 Å². The Labute approximate surface area is 248 Å². The van der Waals surface area contributed by atoms with Gasteiger partial charge in [-0.15, -0.1) is 0 Å². The topological polar surface area (TPSA) is 3.24 Å². The van der Waals surface area contributed by atoms with Gasteiger partial charge in [0.1, 0.15) is 0 Å². The first-order valence-electron chi connectivity index (χ1n) is 15.5. The van der Waals surface area contributed by atoms with Crippen LogP contribution >= 0.6 is 0 Å². The molecule has 2 saturated carbocycles. The molecular weight excluding hydrogens is 506 g/mol. The van der Waals surface area contributed by atoms with Crippen LogP contribution in [-0.2, 0) is 5.41 Å². The molecule has 3 aliphatic carbocycles. The van der Waals surface area contributed by atoms with Crippen LogP contribution in [0.2, 0.25) is 0 Å². The second-order valence-corrected chi connectivity index (χ2v) is 12.6. The molecule has 0 aromatic heterocycles. The molecule has 1 heteroatoms. The molecule has 202 valence electrons. The average molecular weight is 540 g/mol. The summed E-state index contributed by atoms with van der Waals surface area (Å²) in [5.74, 6) is 1.62. The SMILES string of the molecule is c1ccc(N(c2ccc(-c3cccc4ccccc34)cc2)c2ccc3c(c2)C2(CC4CCC2C4)c2ccccc2-3)cc1. The number of hydrogen-bond donors (Lipinski definition) is 0. The highest BCUT2D eigenvalue weighted by Crippen LogP contribution is 2.66. The molecule has 2 fully saturated rings. The molecule has 0 N–H and O–H groups in total. The van der Waals surface area contributed by atoms with Gasteiger partial charge in [-0.1, -0.05) is 110 Å². The van der Waals surface area contributed by atoms with Crippen LogP contribution < -0.4 is 4.90 Å². The Morgan fingerprint density at radius 2 is 1.21 bits per heavy atom. The zero-order valence-corrected chi connectivity index (χ0v) is 23.7. The van der Waals surface area contributed by atoms with Crippen LogP contribution in [0.5, 0.6) is 0 Å². The van der Waals surface area contributed by atoms with Gasteiger partial charge in [0.05, 0.1) is 0 Å². The molecular formula is C41H33N. The van der Waals surface area contributed by atoms with Crippen molar-refractivity contribution in [2.75, 3.05) is 4.90 Å². The molecule has 1 spiro atoms. The summed E-state index contributed by atoms with van der Waals surface area (Å²) in [5.41, 5.74) is 12.3. The summed E-state index contributed by atoms with van der Waals surface area (Å²) in [6.07, 6.45) is 5.45. The fourth-order valence-corrected chi connectivity index (χ4v) is 8.81. The van der Waals surface area contributed by atoms with Crippen LogP contribution in [0.1, 0.15) is 36.8 Å². The first kappa shape index (κ1) is 24.0. The highest BCUT2D eigenvalue weighted by molar-refractivity contribution is 5.97. The Morgan fingerprint density at radius 3 is 2.05 bits per heavy atom. The van der Waals surface area contributed by atoms with Gasteiger partial charge in [0.25, 0.3) is 0 Å². The van der Waals surface area contributed by atoms with Crippen LogP contribution in [0.15, 0.2) is 140 Å². The van der Waals surface area contributed by atoms with Gasteiger partial charge in [0.2, 0.25) is 0 Å². The van der Waals surface area contributed by atoms with Crippen LogP contribution in [0.3, 0.4) is 0 Å². The summed E-state index contributed by atoms with van der Waals surface area (Å²) in [7, 11) is 0. The molecule has 2 bridgehead atoms. The number of fused-ring (bicyclic) bond motifs is 9. The van der Waals surface area contributed by atoms with Crippen molar-refractivity contribution in [2.24, 2.45) is 11.8 Å². The van der Waals surface area contributed by atoms with Crippen LogP contribution in [-0.4, -0.2) is 0 Å². The summed E-state index contributed by atoms with van der Waals surface area (Å²) < 4.78 is 0. The predicted octanol–water partition coefficient (Wildman–Crippen LogP) is 11.1. The average Bonchev–Trinajstić information content (AvgIpc) is 3.75. The highest BCUT2D eigenvalue weighted by Gasteiger charge is 2.56. The summed E-state index contributed by atoms with van der Waals surface area (Å²) in [6.45, 7) is 0. The number of para-hydroxylation sites is 1. The number of benzene rings is 6. The van der Waals surface area contributed by atoms with Gasteiger partial charge < -0.3 is 4.90 Å². The van der Waals surface area contributed by atoms with Crippen LogP contribution in [0.25, 0.3) is 33.0 Å². The van der Waals surface area contributed by atoms with E-state index in [4.69, 9.17) is 0 Å². The van der Waals surface area contributed by atoms with E-state index < -0.39 is 0 Å². The van der Waals surface area contributed by atoms with Gasteiger partial charge in [-0.25, -0.2) is 0 Å². The maximum atomic E-state index is 2.54. The van der Waals surface area contributed by atoms with Crippen molar-refractivity contribution in [3.05, 3.63) is 151 Å². The molecule has 0 aliphatic heterocycles. The monoisotopic (exact) mass is 539 g/mol. The second-order valence-electron chi connectivity index (χ2n) is 12.6. The van der Waals surface area contributed by atoms with E-state index >= 15 is 0 Å². The number of anilines is 3. The first-order valence-corrected chi connectivity index (χ1v) is 15.5. The number of rotatable bonds is 4. The summed E-state index contributed by atoms with van der Waals surface area (Å²) >= 11 is 0. The maximum absolute atomic E-state index is 2.54. The number of nitrogens with zero attached hydrogens (tertiary/aromatic N) is 1. The zero-order chi connectivity index (χ0) is 27.7. The largest absolute Gasteiger partial charge is 0.310 e. The third-order valence-electron chi connectivity index (χ3n) is 10.5. The molecule has 6 aromatic carbocycles. The lowest BCUT2D eigenvalue weighted by molar-refractivity contribution is 0.327. The van der Waals surface area contributed by atoms with E-state index in [9.17, 15) is 0 Å². The highest BCUT2D eigenvalue weighted by atomic mass is 15.1. The van der Waals surface area contributed by atoms with Gasteiger partial charge >= 0.3 is 0 Å². The van der Waals surface area contributed by atoms with Crippen molar-refractivity contribution in [1.82, 2.24) is 0 Å². The van der Waals surface area contributed by atoms with Crippen molar-refractivity contribution in [3.63, 3.8) is 0 Å². The van der Waals surface area contributed by atoms with Crippen molar-refractivity contribution < 1.29 is 0 Å². The smallest absolute Gasteiger partial charge is 0.0465 e. The fourth-order valence-electron chi connectivity index (χ4n) is 8.81. The molecule has 0 radical (unpaired) electrons. The zero-order valence-electron chi connectivity index (χ0n) is 23.7. The Morgan fingerprint density at radius 1 is 0.524 bits per heavy atom. The van der Waals surface area contributed by atoms with E-state index in [1.807, 2.05) is 0 Å². The lowest BCUT2D eigenvalue weighted by Gasteiger charge is -2.37. The van der Waals surface area contributed by atoms with Gasteiger partial charge in [-0.2, -0.15) is 0 Å². The van der Waals surface area contributed by atoms with E-state index in [0.717, 1.165) is 11.8 Å². The molecule has 3 unspecified atom stereocenters. The molecule has 9 rings (SSSR count). The van der Waals surface area contributed by atoms with E-state index in [1.165, 1.54) is 75.8 Å². The normalized spacial score (nSPS) is 21.5. The van der Waals surface area contributed by atoms with Crippen LogP contribution in [0.4, 0.5) is 17.1 Å². The van der Waals surface area contributed by atoms with E-state index in [-0.39, 0.29) is 5.41 Å². The molecule has 1 nitrogen and oxygen atoms in total. The predicted molar refractivity (Wildman–Crippen MR) is 176 cm³/mol. The molecule has 3 aliphatic rings. The summed E-state index contributed by atoms with van der Waals surface area (Å²) in [5, 5.41) is 2.57. The van der Waals surface area contributed by atoms with Crippen molar-refractivity contribution in [1.29, 1.82) is 0 Å². The Hall–Kier alpha value is -4.62. The minimum atomic E-state index is 0.172. The third kappa shape index (κ3) is 3.43. The Bertz CT molecular complexity index is 1950. The molecule has 42 heavy (non-hydrogen) atoms. The van der Waals surface area contributed by atoms with Gasteiger partial charge in [0, 0.05) is 22.5 Å². The summed E-state index contributed by atoms with van der Waals surface area (Å²) in [4.78, 5) is 2.44. The second kappa shape index (κ2) is 9.19. The molecule has 0 heterocycles. The van der Waals surface area contributed by atoms with Gasteiger partial charge in [-0.3, -0.25) is 0 Å². The first-order chi connectivity index (χ1) is 20.8. The fraction of sp³-hybridized carbons (Fsp3) is 0.171. The van der Waals surface area contributed by atoms with E-state index in [0.29, 0.717) is 0 Å². The van der Waals surface area contributed by atoms with Gasteiger partial charge in [0.15, 0.2) is 0 Å². The van der Waals surface area contributed by atoms with Crippen molar-refractivity contribution in [3.8, 4) is 22.3 Å². The van der Waals surface area contributed by atoms with E-state index in [1.54, 1.807) is 11.1 Å². The molecule has 6 aromatic rings. The minimum absolute atomic E-state index is 0.172. The van der Waals surface area contributed by atoms with Gasteiger partial charge in [-0.05, 0) is 112 Å². The third-order valence-corrected chi connectivity index (χ3v) is 10.5. The molecule has 3 atom stereocenters. The van der Waals surface area contributed by atoms with Crippen LogP contribution in [0, 0.1) is 11.8 Å². The molecule has 0 saturated heterocycles. The lowest BCUT2D eigenvalue weighted by atomic mass is 9.67. The van der Waals surface area contributed by atoms with Crippen molar-refractivity contribution in [2.45, 2.75) is 31.1 Å². The summed E-state index contributed by atoms with van der Waals surface area (Å²) in [6, 6.07) is 51.8. The standard InChI is InChI=1S/C41H33N/c1-2-11-32(12-3-1)42(33-21-18-30(19-22-33)36-15-8-10-29-9-4-5-13-35(29)36)34-23-24-38-37-14-6-7-16-39(37)41(40(38)26-34)27-28-17-20-31(41)25-28/h1-16,18-19,21-24,26,28,31H,17,20,25,27H2. The quantitative estimate of drug-likeness (QED) is 0.215. The lowest BCUT2D eigenvalue weighted by Crippen LogP contribution is -2.31. The van der Waals surface area contributed by atoms with Crippen molar-refractivity contribution >= 4 is 27.8 Å². The Kier molecular flexibility index (Phi) is 5.26.